The number of rotatable bonds is 5. The van der Waals surface area contributed by atoms with Gasteiger partial charge in [0.1, 0.15) is 5.75 Å². The summed E-state index contributed by atoms with van der Waals surface area (Å²) in [6.45, 7) is 12.4. The molecule has 1 saturated heterocycles. The number of hydrogen-bond acceptors (Lipinski definition) is 3. The molecule has 2 heterocycles. The van der Waals surface area contributed by atoms with Gasteiger partial charge in [-0.25, -0.2) is 0 Å². The second-order valence-corrected chi connectivity index (χ2v) is 7.82. The first kappa shape index (κ1) is 19.2. The molecular weight excluding hydrogens is 324 g/mol. The lowest BCUT2D eigenvalue weighted by Crippen LogP contribution is -2.41. The quantitative estimate of drug-likeness (QED) is 0.784. The van der Waals surface area contributed by atoms with E-state index in [4.69, 9.17) is 4.74 Å². The summed E-state index contributed by atoms with van der Waals surface area (Å²) in [5, 5.41) is 0. The van der Waals surface area contributed by atoms with Gasteiger partial charge < -0.3 is 14.5 Å². The van der Waals surface area contributed by atoms with E-state index in [-0.39, 0.29) is 11.9 Å². The zero-order valence-electron chi connectivity index (χ0n) is 16.9. The number of carbonyl (C=O) groups excluding carboxylic acids is 1. The molecule has 3 rings (SSSR count). The maximum atomic E-state index is 12.2. The molecule has 2 aliphatic rings. The third-order valence-corrected chi connectivity index (χ3v) is 6.04. The van der Waals surface area contributed by atoms with Gasteiger partial charge in [0.2, 0.25) is 5.91 Å². The lowest BCUT2D eigenvalue weighted by atomic mass is 9.85. The summed E-state index contributed by atoms with van der Waals surface area (Å²) in [5.41, 5.74) is 3.69. The Labute approximate surface area is 158 Å². The van der Waals surface area contributed by atoms with Crippen LogP contribution in [0.2, 0.25) is 0 Å². The highest BCUT2D eigenvalue weighted by Gasteiger charge is 2.31. The molecule has 144 valence electrons. The van der Waals surface area contributed by atoms with Gasteiger partial charge in [-0.15, -0.1) is 0 Å². The molecule has 4 heteroatoms. The Morgan fingerprint density at radius 3 is 2.54 bits per heavy atom. The largest absolute Gasteiger partial charge is 0.493 e. The zero-order chi connectivity index (χ0) is 18.7. The van der Waals surface area contributed by atoms with Crippen LogP contribution in [0.5, 0.6) is 5.75 Å². The number of anilines is 1. The van der Waals surface area contributed by atoms with Crippen LogP contribution in [0.3, 0.4) is 0 Å². The summed E-state index contributed by atoms with van der Waals surface area (Å²) in [4.78, 5) is 16.7. The Morgan fingerprint density at radius 1 is 1.19 bits per heavy atom. The molecule has 0 aromatic heterocycles. The fourth-order valence-corrected chi connectivity index (χ4v) is 4.56. The van der Waals surface area contributed by atoms with E-state index >= 15 is 0 Å². The van der Waals surface area contributed by atoms with E-state index in [1.807, 2.05) is 4.90 Å². The van der Waals surface area contributed by atoms with Gasteiger partial charge in [-0.1, -0.05) is 19.9 Å². The zero-order valence-corrected chi connectivity index (χ0v) is 16.9. The van der Waals surface area contributed by atoms with Crippen molar-refractivity contribution in [1.82, 2.24) is 4.90 Å². The molecule has 4 nitrogen and oxygen atoms in total. The van der Waals surface area contributed by atoms with Crippen molar-refractivity contribution in [2.24, 2.45) is 0 Å². The molecule has 1 aromatic rings. The lowest BCUT2D eigenvalue weighted by Gasteiger charge is -2.37. The summed E-state index contributed by atoms with van der Waals surface area (Å²) in [7, 11) is 0. The van der Waals surface area contributed by atoms with Gasteiger partial charge in [0.15, 0.2) is 0 Å². The standard InChI is InChI=1S/C22H34N2O2/c1-5-15-26-22-19(18-11-13-23(6-2)14-12-18)9-10-21-20(22)8-7-16(3)24(21)17(4)25/h9-10,16,18H,5-8,11-15H2,1-4H3. The average molecular weight is 359 g/mol. The number of nitrogens with zero attached hydrogens (tertiary/aromatic N) is 2. The Bertz CT molecular complexity index is 635. The molecule has 1 unspecified atom stereocenters. The highest BCUT2D eigenvalue weighted by atomic mass is 16.5. The van der Waals surface area contributed by atoms with E-state index in [1.165, 1.54) is 37.1 Å². The summed E-state index contributed by atoms with van der Waals surface area (Å²) in [6, 6.07) is 4.68. The monoisotopic (exact) mass is 358 g/mol. The summed E-state index contributed by atoms with van der Waals surface area (Å²) < 4.78 is 6.30. The van der Waals surface area contributed by atoms with Crippen molar-refractivity contribution in [2.45, 2.75) is 71.8 Å². The van der Waals surface area contributed by atoms with E-state index < -0.39 is 0 Å². The first-order chi connectivity index (χ1) is 12.6. The van der Waals surface area contributed by atoms with Gasteiger partial charge in [0.05, 0.1) is 12.3 Å². The minimum Gasteiger partial charge on any atom is -0.493 e. The number of likely N-dealkylation sites (tertiary alicyclic amines) is 1. The first-order valence-electron chi connectivity index (χ1n) is 10.4. The van der Waals surface area contributed by atoms with Crippen LogP contribution >= 0.6 is 0 Å². The Kier molecular flexibility index (Phi) is 6.23. The fourth-order valence-electron chi connectivity index (χ4n) is 4.56. The Balaban J connectivity index is 1.97. The van der Waals surface area contributed by atoms with E-state index in [0.29, 0.717) is 5.92 Å². The highest BCUT2D eigenvalue weighted by Crippen LogP contribution is 2.43. The maximum absolute atomic E-state index is 12.2. The summed E-state index contributed by atoms with van der Waals surface area (Å²) in [5.74, 6) is 1.78. The van der Waals surface area contributed by atoms with Crippen LogP contribution in [0, 0.1) is 0 Å². The van der Waals surface area contributed by atoms with Gasteiger partial charge in [-0.3, -0.25) is 4.79 Å². The topological polar surface area (TPSA) is 32.8 Å². The number of piperidine rings is 1. The predicted octanol–water partition coefficient (Wildman–Crippen LogP) is 4.36. The van der Waals surface area contributed by atoms with Crippen LogP contribution in [0.4, 0.5) is 5.69 Å². The second kappa shape index (κ2) is 8.43. The van der Waals surface area contributed by atoms with Gasteiger partial charge in [0, 0.05) is 18.5 Å². The molecule has 0 bridgehead atoms. The van der Waals surface area contributed by atoms with E-state index in [2.05, 4.69) is 37.8 Å². The average Bonchev–Trinajstić information content (AvgIpc) is 2.65. The third-order valence-electron chi connectivity index (χ3n) is 6.04. The molecule has 1 atom stereocenters. The fraction of sp³-hybridized carbons (Fsp3) is 0.682. The van der Waals surface area contributed by atoms with Gasteiger partial charge in [-0.2, -0.15) is 0 Å². The molecule has 0 spiro atoms. The molecule has 26 heavy (non-hydrogen) atoms. The molecular formula is C22H34N2O2. The number of ether oxygens (including phenoxy) is 1. The minimum absolute atomic E-state index is 0.129. The molecule has 0 aliphatic carbocycles. The predicted molar refractivity (Wildman–Crippen MR) is 107 cm³/mol. The molecule has 0 radical (unpaired) electrons. The molecule has 2 aliphatic heterocycles. The maximum Gasteiger partial charge on any atom is 0.224 e. The van der Waals surface area contributed by atoms with Crippen LogP contribution in [0.15, 0.2) is 12.1 Å². The Morgan fingerprint density at radius 2 is 1.92 bits per heavy atom. The lowest BCUT2D eigenvalue weighted by molar-refractivity contribution is -0.117. The highest BCUT2D eigenvalue weighted by molar-refractivity contribution is 5.94. The molecule has 1 fully saturated rings. The van der Waals surface area contributed by atoms with Gasteiger partial charge in [-0.05, 0) is 76.2 Å². The smallest absolute Gasteiger partial charge is 0.224 e. The number of carbonyl (C=O) groups is 1. The normalized spacial score (nSPS) is 21.5. The van der Waals surface area contributed by atoms with Gasteiger partial charge in [0.25, 0.3) is 0 Å². The molecule has 0 saturated carbocycles. The van der Waals surface area contributed by atoms with Crippen LogP contribution in [0.1, 0.15) is 70.4 Å². The number of amides is 1. The van der Waals surface area contributed by atoms with Crippen molar-refractivity contribution in [2.75, 3.05) is 31.1 Å². The SMILES string of the molecule is CCCOc1c(C2CCN(CC)CC2)ccc2c1CCC(C)N2C(C)=O. The summed E-state index contributed by atoms with van der Waals surface area (Å²) in [6.07, 6.45) is 5.40. The van der Waals surface area contributed by atoms with E-state index in [9.17, 15) is 4.79 Å². The first-order valence-corrected chi connectivity index (χ1v) is 10.4. The number of benzene rings is 1. The third kappa shape index (κ3) is 3.75. The molecule has 1 amide bonds. The minimum atomic E-state index is 0.129. The molecule has 0 N–H and O–H groups in total. The van der Waals surface area contributed by atoms with Gasteiger partial charge >= 0.3 is 0 Å². The van der Waals surface area contributed by atoms with Crippen LogP contribution in [-0.2, 0) is 11.2 Å². The van der Waals surface area contributed by atoms with Crippen molar-refractivity contribution in [3.8, 4) is 5.75 Å². The molecule has 1 aromatic carbocycles. The van der Waals surface area contributed by atoms with Crippen molar-refractivity contribution < 1.29 is 9.53 Å². The van der Waals surface area contributed by atoms with Crippen molar-refractivity contribution in [1.29, 1.82) is 0 Å². The number of hydrogen-bond donors (Lipinski definition) is 0. The number of fused-ring (bicyclic) bond motifs is 1. The van der Waals surface area contributed by atoms with Crippen molar-refractivity contribution in [3.05, 3.63) is 23.3 Å². The van der Waals surface area contributed by atoms with E-state index in [0.717, 1.165) is 43.9 Å². The summed E-state index contributed by atoms with van der Waals surface area (Å²) >= 11 is 0. The van der Waals surface area contributed by atoms with E-state index in [1.54, 1.807) is 6.92 Å². The Hall–Kier alpha value is -1.55. The van der Waals surface area contributed by atoms with Crippen LogP contribution in [0.25, 0.3) is 0 Å². The van der Waals surface area contributed by atoms with Crippen molar-refractivity contribution >= 4 is 11.6 Å². The van der Waals surface area contributed by atoms with Crippen molar-refractivity contribution in [3.63, 3.8) is 0 Å². The van der Waals surface area contributed by atoms with Crippen LogP contribution in [-0.4, -0.2) is 43.1 Å². The second-order valence-electron chi connectivity index (χ2n) is 7.82. The van der Waals surface area contributed by atoms with Crippen LogP contribution < -0.4 is 9.64 Å².